The van der Waals surface area contributed by atoms with Crippen LogP contribution in [0.4, 0.5) is 0 Å². The molecule has 0 atom stereocenters. The van der Waals surface area contributed by atoms with E-state index in [9.17, 15) is 4.79 Å². The predicted octanol–water partition coefficient (Wildman–Crippen LogP) is 4.50. The standard InChI is InChI=1S/C15H13BrO2S/c1-2-5-11-6-3-4-7-14(11)18-10-13(17)15-12(16)8-9-19-15/h2-4,6-9H,1,5,10H2. The van der Waals surface area contributed by atoms with Gasteiger partial charge in [0.1, 0.15) is 5.75 Å². The number of hydrogen-bond acceptors (Lipinski definition) is 3. The molecule has 98 valence electrons. The van der Waals surface area contributed by atoms with Crippen molar-refractivity contribution >= 4 is 33.0 Å². The second-order valence-corrected chi connectivity index (χ2v) is 5.68. The summed E-state index contributed by atoms with van der Waals surface area (Å²) in [5.74, 6) is 0.721. The molecule has 1 aromatic carbocycles. The van der Waals surface area contributed by atoms with Gasteiger partial charge in [0.15, 0.2) is 6.61 Å². The number of hydrogen-bond donors (Lipinski definition) is 0. The van der Waals surface area contributed by atoms with Gasteiger partial charge in [-0.15, -0.1) is 17.9 Å². The Morgan fingerprint density at radius 3 is 2.84 bits per heavy atom. The van der Waals surface area contributed by atoms with E-state index in [0.29, 0.717) is 4.88 Å². The third kappa shape index (κ3) is 3.55. The van der Waals surface area contributed by atoms with Crippen LogP contribution in [0.3, 0.4) is 0 Å². The highest BCUT2D eigenvalue weighted by Crippen LogP contribution is 2.24. The number of ketones is 1. The zero-order valence-electron chi connectivity index (χ0n) is 10.3. The molecular weight excluding hydrogens is 324 g/mol. The first-order valence-corrected chi connectivity index (χ1v) is 7.47. The van der Waals surface area contributed by atoms with E-state index < -0.39 is 0 Å². The molecule has 4 heteroatoms. The molecule has 0 aliphatic heterocycles. The molecule has 2 aromatic rings. The lowest BCUT2D eigenvalue weighted by atomic mass is 10.1. The molecule has 0 spiro atoms. The highest BCUT2D eigenvalue weighted by atomic mass is 79.9. The van der Waals surface area contributed by atoms with Gasteiger partial charge < -0.3 is 4.74 Å². The lowest BCUT2D eigenvalue weighted by Crippen LogP contribution is -2.11. The molecule has 0 saturated heterocycles. The van der Waals surface area contributed by atoms with E-state index >= 15 is 0 Å². The van der Waals surface area contributed by atoms with Crippen LogP contribution in [-0.2, 0) is 6.42 Å². The largest absolute Gasteiger partial charge is 0.485 e. The Morgan fingerprint density at radius 2 is 2.16 bits per heavy atom. The molecule has 2 rings (SSSR count). The van der Waals surface area contributed by atoms with Crippen LogP contribution in [-0.4, -0.2) is 12.4 Å². The molecule has 0 amide bonds. The third-order valence-corrected chi connectivity index (χ3v) is 4.44. The van der Waals surface area contributed by atoms with E-state index in [0.717, 1.165) is 22.2 Å². The van der Waals surface area contributed by atoms with Crippen molar-refractivity contribution in [3.05, 3.63) is 63.3 Å². The summed E-state index contributed by atoms with van der Waals surface area (Å²) in [6.45, 7) is 3.77. The minimum Gasteiger partial charge on any atom is -0.485 e. The van der Waals surface area contributed by atoms with Gasteiger partial charge in [-0.25, -0.2) is 0 Å². The van der Waals surface area contributed by atoms with Gasteiger partial charge in [-0.2, -0.15) is 0 Å². The second kappa shape index (κ2) is 6.68. The molecule has 0 aliphatic rings. The first-order chi connectivity index (χ1) is 9.22. The number of ether oxygens (including phenoxy) is 1. The summed E-state index contributed by atoms with van der Waals surface area (Å²) in [5, 5.41) is 1.88. The highest BCUT2D eigenvalue weighted by Gasteiger charge is 2.13. The first-order valence-electron chi connectivity index (χ1n) is 5.80. The van der Waals surface area contributed by atoms with Crippen LogP contribution in [0.25, 0.3) is 0 Å². The Morgan fingerprint density at radius 1 is 1.37 bits per heavy atom. The monoisotopic (exact) mass is 336 g/mol. The molecule has 0 bridgehead atoms. The fourth-order valence-electron chi connectivity index (χ4n) is 1.67. The van der Waals surface area contributed by atoms with Gasteiger partial charge in [0.25, 0.3) is 0 Å². The number of allylic oxidation sites excluding steroid dienone is 1. The number of benzene rings is 1. The van der Waals surface area contributed by atoms with E-state index in [1.54, 1.807) is 0 Å². The van der Waals surface area contributed by atoms with Crippen molar-refractivity contribution in [1.29, 1.82) is 0 Å². The van der Waals surface area contributed by atoms with E-state index in [-0.39, 0.29) is 12.4 Å². The van der Waals surface area contributed by atoms with Crippen LogP contribution in [0.5, 0.6) is 5.75 Å². The zero-order valence-corrected chi connectivity index (χ0v) is 12.7. The predicted molar refractivity (Wildman–Crippen MR) is 82.2 cm³/mol. The zero-order chi connectivity index (χ0) is 13.7. The Kier molecular flexibility index (Phi) is 4.93. The number of carbonyl (C=O) groups excluding carboxylic acids is 1. The first kappa shape index (κ1) is 14.0. The van der Waals surface area contributed by atoms with Crippen molar-refractivity contribution in [2.45, 2.75) is 6.42 Å². The van der Waals surface area contributed by atoms with Gasteiger partial charge >= 0.3 is 0 Å². The van der Waals surface area contributed by atoms with E-state index in [4.69, 9.17) is 4.74 Å². The Balaban J connectivity index is 2.05. The van der Waals surface area contributed by atoms with Crippen LogP contribution >= 0.6 is 27.3 Å². The Labute approximate surface area is 124 Å². The molecule has 0 radical (unpaired) electrons. The van der Waals surface area contributed by atoms with Crippen molar-refractivity contribution in [1.82, 2.24) is 0 Å². The topological polar surface area (TPSA) is 26.3 Å². The average molecular weight is 337 g/mol. The van der Waals surface area contributed by atoms with Crippen molar-refractivity contribution in [3.8, 4) is 5.75 Å². The van der Waals surface area contributed by atoms with E-state index in [2.05, 4.69) is 22.5 Å². The number of para-hydroxylation sites is 1. The lowest BCUT2D eigenvalue weighted by Gasteiger charge is -2.09. The molecule has 0 saturated carbocycles. The summed E-state index contributed by atoms with van der Waals surface area (Å²) < 4.78 is 6.44. The van der Waals surface area contributed by atoms with E-state index in [1.165, 1.54) is 11.3 Å². The summed E-state index contributed by atoms with van der Waals surface area (Å²) in [6.07, 6.45) is 2.55. The van der Waals surface area contributed by atoms with Crippen LogP contribution < -0.4 is 4.74 Å². The molecule has 19 heavy (non-hydrogen) atoms. The average Bonchev–Trinajstić information content (AvgIpc) is 2.84. The summed E-state index contributed by atoms with van der Waals surface area (Å²) in [7, 11) is 0. The highest BCUT2D eigenvalue weighted by molar-refractivity contribution is 9.10. The minimum atomic E-state index is -0.0183. The van der Waals surface area contributed by atoms with Gasteiger partial charge in [-0.1, -0.05) is 24.3 Å². The van der Waals surface area contributed by atoms with Crippen LogP contribution in [0, 0.1) is 0 Å². The van der Waals surface area contributed by atoms with Gasteiger partial charge in [-0.05, 0) is 45.4 Å². The number of Topliss-reactive ketones (excluding diaryl/α,β-unsaturated/α-hetero) is 1. The molecule has 2 nitrogen and oxygen atoms in total. The quantitative estimate of drug-likeness (QED) is 0.573. The van der Waals surface area contributed by atoms with Crippen LogP contribution in [0.1, 0.15) is 15.2 Å². The second-order valence-electron chi connectivity index (χ2n) is 3.91. The maximum absolute atomic E-state index is 12.0. The molecule has 1 aromatic heterocycles. The van der Waals surface area contributed by atoms with Gasteiger partial charge in [-0.3, -0.25) is 4.79 Å². The fraction of sp³-hybridized carbons (Fsp3) is 0.133. The SMILES string of the molecule is C=CCc1ccccc1OCC(=O)c1sccc1Br. The minimum absolute atomic E-state index is 0.0183. The van der Waals surface area contributed by atoms with Crippen molar-refractivity contribution in [3.63, 3.8) is 0 Å². The van der Waals surface area contributed by atoms with E-state index in [1.807, 2.05) is 41.8 Å². The normalized spacial score (nSPS) is 10.2. The summed E-state index contributed by atoms with van der Waals surface area (Å²) in [6, 6.07) is 9.55. The third-order valence-electron chi connectivity index (χ3n) is 2.57. The maximum Gasteiger partial charge on any atom is 0.211 e. The summed E-state index contributed by atoms with van der Waals surface area (Å²) in [4.78, 5) is 12.7. The number of carbonyl (C=O) groups is 1. The van der Waals surface area contributed by atoms with Gasteiger partial charge in [0.05, 0.1) is 4.88 Å². The summed E-state index contributed by atoms with van der Waals surface area (Å²) >= 11 is 4.77. The van der Waals surface area contributed by atoms with Gasteiger partial charge in [0.2, 0.25) is 5.78 Å². The Bertz CT molecular complexity index is 589. The number of thiophene rings is 1. The van der Waals surface area contributed by atoms with Crippen molar-refractivity contribution in [2.75, 3.05) is 6.61 Å². The summed E-state index contributed by atoms with van der Waals surface area (Å²) in [5.41, 5.74) is 1.04. The molecule has 0 fully saturated rings. The van der Waals surface area contributed by atoms with Crippen molar-refractivity contribution in [2.24, 2.45) is 0 Å². The van der Waals surface area contributed by atoms with Crippen LogP contribution in [0.15, 0.2) is 52.8 Å². The lowest BCUT2D eigenvalue weighted by molar-refractivity contribution is 0.0924. The Hall–Kier alpha value is -1.39. The molecule has 1 heterocycles. The molecule has 0 unspecified atom stereocenters. The number of rotatable bonds is 6. The smallest absolute Gasteiger partial charge is 0.211 e. The molecule has 0 aliphatic carbocycles. The number of halogens is 1. The molecular formula is C15H13BrO2S. The maximum atomic E-state index is 12.0. The fourth-order valence-corrected chi connectivity index (χ4v) is 3.19. The van der Waals surface area contributed by atoms with Crippen LogP contribution in [0.2, 0.25) is 0 Å². The molecule has 0 N–H and O–H groups in total. The van der Waals surface area contributed by atoms with Crippen molar-refractivity contribution < 1.29 is 9.53 Å². The van der Waals surface area contributed by atoms with Gasteiger partial charge in [0, 0.05) is 4.47 Å².